The molecule has 0 unspecified atom stereocenters. The molecule has 0 spiro atoms. The Hall–Kier alpha value is -3.36. The average molecular weight is 428 g/mol. The number of unbranched alkanes of at least 4 members (excludes halogenated alkanes) is 7. The Kier molecular flexibility index (Phi) is 10.1. The molecule has 31 heavy (non-hydrogen) atoms. The zero-order valence-corrected chi connectivity index (χ0v) is 17.8. The standard InChI is InChI=1S/C22H29N5O4/c1-2-3-4-5-6-7-8-9-16-23-18-10-12-19(13-11-18)24-25-20-14-15-21(26(28)29)22(17-20)27(30)31/h10-15,17,23H,2-9,16H2,1H3. The minimum absolute atomic E-state index is 0.175. The number of nitrogens with one attached hydrogen (secondary N) is 1. The topological polar surface area (TPSA) is 123 Å². The summed E-state index contributed by atoms with van der Waals surface area (Å²) in [6.45, 7) is 3.15. The summed E-state index contributed by atoms with van der Waals surface area (Å²) in [5.74, 6) is 0. The zero-order valence-electron chi connectivity index (χ0n) is 17.8. The lowest BCUT2D eigenvalue weighted by Gasteiger charge is -2.06. The highest BCUT2D eigenvalue weighted by Crippen LogP contribution is 2.31. The van der Waals surface area contributed by atoms with Crippen molar-refractivity contribution >= 4 is 28.4 Å². The quantitative estimate of drug-likeness (QED) is 0.145. The van der Waals surface area contributed by atoms with Gasteiger partial charge in [0.25, 0.3) is 0 Å². The molecule has 0 fully saturated rings. The van der Waals surface area contributed by atoms with Gasteiger partial charge in [0.1, 0.15) is 0 Å². The third-order valence-electron chi connectivity index (χ3n) is 4.86. The molecule has 0 heterocycles. The SMILES string of the molecule is CCCCCCCCCCNc1ccc(N=Nc2ccc([N+](=O)[O-])c([N+](=O)[O-])c2)cc1. The first-order chi connectivity index (χ1) is 15.0. The number of benzene rings is 2. The summed E-state index contributed by atoms with van der Waals surface area (Å²) in [5, 5.41) is 33.3. The first kappa shape index (κ1) is 23.9. The van der Waals surface area contributed by atoms with Gasteiger partial charge in [-0.3, -0.25) is 20.2 Å². The number of nitrogens with zero attached hydrogens (tertiary/aromatic N) is 4. The van der Waals surface area contributed by atoms with Crippen LogP contribution in [0.2, 0.25) is 0 Å². The van der Waals surface area contributed by atoms with Gasteiger partial charge in [-0.25, -0.2) is 0 Å². The molecule has 0 aliphatic rings. The summed E-state index contributed by atoms with van der Waals surface area (Å²) in [4.78, 5) is 20.3. The molecule has 0 saturated heterocycles. The summed E-state index contributed by atoms with van der Waals surface area (Å²) in [7, 11) is 0. The van der Waals surface area contributed by atoms with Gasteiger partial charge in [0.15, 0.2) is 0 Å². The predicted molar refractivity (Wildman–Crippen MR) is 121 cm³/mol. The van der Waals surface area contributed by atoms with E-state index in [1.165, 1.54) is 51.0 Å². The fraction of sp³-hybridized carbons (Fsp3) is 0.455. The monoisotopic (exact) mass is 427 g/mol. The van der Waals surface area contributed by atoms with E-state index in [0.29, 0.717) is 5.69 Å². The van der Waals surface area contributed by atoms with Crippen molar-refractivity contribution < 1.29 is 9.85 Å². The highest BCUT2D eigenvalue weighted by atomic mass is 16.6. The molecule has 0 amide bonds. The molecule has 0 atom stereocenters. The number of azo groups is 1. The van der Waals surface area contributed by atoms with Crippen LogP contribution >= 0.6 is 0 Å². The number of rotatable bonds is 14. The second-order valence-electron chi connectivity index (χ2n) is 7.34. The van der Waals surface area contributed by atoms with E-state index in [1.54, 1.807) is 12.1 Å². The highest BCUT2D eigenvalue weighted by molar-refractivity contribution is 5.60. The molecule has 166 valence electrons. The van der Waals surface area contributed by atoms with E-state index in [0.717, 1.165) is 30.8 Å². The van der Waals surface area contributed by atoms with Crippen LogP contribution < -0.4 is 5.32 Å². The van der Waals surface area contributed by atoms with Crippen LogP contribution in [0.25, 0.3) is 0 Å². The second kappa shape index (κ2) is 13.0. The molecule has 0 aliphatic carbocycles. The van der Waals surface area contributed by atoms with E-state index < -0.39 is 21.2 Å². The van der Waals surface area contributed by atoms with E-state index in [4.69, 9.17) is 0 Å². The summed E-state index contributed by atoms with van der Waals surface area (Å²) in [6.07, 6.45) is 10.3. The Bertz CT molecular complexity index is 884. The van der Waals surface area contributed by atoms with Gasteiger partial charge >= 0.3 is 11.4 Å². The van der Waals surface area contributed by atoms with Gasteiger partial charge in [-0.05, 0) is 36.8 Å². The number of nitro benzene ring substituents is 2. The Morgan fingerprint density at radius 3 is 1.90 bits per heavy atom. The van der Waals surface area contributed by atoms with Crippen molar-refractivity contribution in [2.75, 3.05) is 11.9 Å². The fourth-order valence-corrected chi connectivity index (χ4v) is 3.13. The van der Waals surface area contributed by atoms with E-state index in [-0.39, 0.29) is 5.69 Å². The van der Waals surface area contributed by atoms with Crippen LogP contribution in [0.3, 0.4) is 0 Å². The summed E-state index contributed by atoms with van der Waals surface area (Å²) in [6, 6.07) is 10.8. The Balaban J connectivity index is 1.79. The third kappa shape index (κ3) is 8.49. The fourth-order valence-electron chi connectivity index (χ4n) is 3.13. The Labute approximate surface area is 181 Å². The van der Waals surface area contributed by atoms with Crippen molar-refractivity contribution in [1.82, 2.24) is 0 Å². The smallest absolute Gasteiger partial charge is 0.348 e. The minimum Gasteiger partial charge on any atom is -0.385 e. The van der Waals surface area contributed by atoms with Crippen molar-refractivity contribution in [3.63, 3.8) is 0 Å². The van der Waals surface area contributed by atoms with Gasteiger partial charge in [-0.15, -0.1) is 0 Å². The molecular formula is C22H29N5O4. The number of nitro groups is 2. The molecule has 1 N–H and O–H groups in total. The highest BCUT2D eigenvalue weighted by Gasteiger charge is 2.24. The second-order valence-corrected chi connectivity index (χ2v) is 7.34. The zero-order chi connectivity index (χ0) is 22.5. The number of hydrogen-bond acceptors (Lipinski definition) is 7. The van der Waals surface area contributed by atoms with Gasteiger partial charge in [0.05, 0.1) is 27.3 Å². The predicted octanol–water partition coefficient (Wildman–Crippen LogP) is 7.47. The Morgan fingerprint density at radius 2 is 1.29 bits per heavy atom. The van der Waals surface area contributed by atoms with E-state index in [2.05, 4.69) is 22.5 Å². The van der Waals surface area contributed by atoms with Crippen LogP contribution in [0, 0.1) is 20.2 Å². The molecule has 0 aliphatic heterocycles. The first-order valence-electron chi connectivity index (χ1n) is 10.7. The van der Waals surface area contributed by atoms with Gasteiger partial charge in [0.2, 0.25) is 0 Å². The maximum absolute atomic E-state index is 11.0. The molecule has 0 radical (unpaired) electrons. The van der Waals surface area contributed by atoms with Gasteiger partial charge in [0, 0.05) is 18.3 Å². The summed E-state index contributed by atoms with van der Waals surface area (Å²) >= 11 is 0. The largest absolute Gasteiger partial charge is 0.385 e. The summed E-state index contributed by atoms with van der Waals surface area (Å²) < 4.78 is 0. The lowest BCUT2D eigenvalue weighted by atomic mass is 10.1. The van der Waals surface area contributed by atoms with Crippen LogP contribution in [0.15, 0.2) is 52.7 Å². The summed E-state index contributed by atoms with van der Waals surface area (Å²) in [5.41, 5.74) is 0.568. The van der Waals surface area contributed by atoms with Crippen molar-refractivity contribution in [3.8, 4) is 0 Å². The maximum atomic E-state index is 11.0. The van der Waals surface area contributed by atoms with E-state index in [9.17, 15) is 20.2 Å². The van der Waals surface area contributed by atoms with Crippen LogP contribution in [0.4, 0.5) is 28.4 Å². The van der Waals surface area contributed by atoms with Crippen molar-refractivity contribution in [2.24, 2.45) is 10.2 Å². The van der Waals surface area contributed by atoms with Crippen molar-refractivity contribution in [1.29, 1.82) is 0 Å². The molecule has 9 nitrogen and oxygen atoms in total. The third-order valence-corrected chi connectivity index (χ3v) is 4.86. The number of anilines is 1. The van der Waals surface area contributed by atoms with Gasteiger partial charge in [-0.2, -0.15) is 10.2 Å². The molecule has 0 aromatic heterocycles. The molecule has 2 rings (SSSR count). The average Bonchev–Trinajstić information content (AvgIpc) is 2.77. The number of hydrogen-bond donors (Lipinski definition) is 1. The van der Waals surface area contributed by atoms with Crippen LogP contribution in [-0.4, -0.2) is 16.4 Å². The molecule has 0 saturated carbocycles. The minimum atomic E-state index is -0.802. The molecule has 2 aromatic carbocycles. The molecule has 0 bridgehead atoms. The van der Waals surface area contributed by atoms with E-state index >= 15 is 0 Å². The molecular weight excluding hydrogens is 398 g/mol. The normalized spacial score (nSPS) is 11.0. The van der Waals surface area contributed by atoms with Crippen LogP contribution in [-0.2, 0) is 0 Å². The first-order valence-corrected chi connectivity index (χ1v) is 10.7. The van der Waals surface area contributed by atoms with Crippen molar-refractivity contribution in [3.05, 3.63) is 62.7 Å². The molecule has 2 aromatic rings. The van der Waals surface area contributed by atoms with E-state index in [1.807, 2.05) is 12.1 Å². The maximum Gasteiger partial charge on any atom is 0.348 e. The lowest BCUT2D eigenvalue weighted by molar-refractivity contribution is -0.422. The van der Waals surface area contributed by atoms with Crippen LogP contribution in [0.5, 0.6) is 0 Å². The lowest BCUT2D eigenvalue weighted by Crippen LogP contribution is -2.00. The van der Waals surface area contributed by atoms with Crippen LogP contribution in [0.1, 0.15) is 58.3 Å². The van der Waals surface area contributed by atoms with Crippen molar-refractivity contribution in [2.45, 2.75) is 58.3 Å². The molecule has 9 heteroatoms. The van der Waals surface area contributed by atoms with Gasteiger partial charge in [-0.1, -0.05) is 51.9 Å². The van der Waals surface area contributed by atoms with Gasteiger partial charge < -0.3 is 5.32 Å². The Morgan fingerprint density at radius 1 is 0.742 bits per heavy atom.